The van der Waals surface area contributed by atoms with Gasteiger partial charge in [-0.15, -0.1) is 11.3 Å². The highest BCUT2D eigenvalue weighted by Gasteiger charge is 2.31. The van der Waals surface area contributed by atoms with Crippen LogP contribution < -0.4 is 10.1 Å². The van der Waals surface area contributed by atoms with Crippen molar-refractivity contribution in [3.63, 3.8) is 0 Å². The molecule has 0 aliphatic heterocycles. The number of rotatable bonds is 9. The molecule has 0 atom stereocenters. The van der Waals surface area contributed by atoms with E-state index in [2.05, 4.69) is 5.32 Å². The highest BCUT2D eigenvalue weighted by molar-refractivity contribution is 7.18. The molecule has 0 saturated heterocycles. The number of hydrogen-bond acceptors (Lipinski definition) is 6. The molecule has 0 unspecified atom stereocenters. The topological polar surface area (TPSA) is 113 Å². The Morgan fingerprint density at radius 2 is 1.83 bits per heavy atom. The number of Topliss-reactive ketones (excluding diaryl/α,β-unsaturated/α-hetero) is 1. The van der Waals surface area contributed by atoms with Crippen molar-refractivity contribution in [1.29, 1.82) is 0 Å². The molecule has 184 valence electrons. The smallest absolute Gasteiger partial charge is 0.416 e. The molecule has 3 rings (SSSR count). The van der Waals surface area contributed by atoms with Crippen LogP contribution in [-0.4, -0.2) is 34.5 Å². The molecule has 0 fully saturated rings. The van der Waals surface area contributed by atoms with Gasteiger partial charge in [0.1, 0.15) is 5.02 Å². The first kappa shape index (κ1) is 26.0. The fourth-order valence-corrected chi connectivity index (χ4v) is 4.57. The van der Waals surface area contributed by atoms with Gasteiger partial charge in [0.05, 0.1) is 10.4 Å². The molecule has 0 radical (unpaired) electrons. The van der Waals surface area contributed by atoms with Crippen LogP contribution in [0.25, 0.3) is 10.4 Å². The van der Waals surface area contributed by atoms with Crippen molar-refractivity contribution in [3.05, 3.63) is 69.1 Å². The van der Waals surface area contributed by atoms with Gasteiger partial charge in [-0.3, -0.25) is 4.79 Å². The van der Waals surface area contributed by atoms with Crippen molar-refractivity contribution in [2.45, 2.75) is 19.6 Å². The van der Waals surface area contributed by atoms with Crippen LogP contribution in [0.15, 0.2) is 42.5 Å². The monoisotopic (exact) mass is 527 g/mol. The van der Waals surface area contributed by atoms with Crippen molar-refractivity contribution >= 4 is 46.3 Å². The van der Waals surface area contributed by atoms with Gasteiger partial charge in [-0.05, 0) is 42.3 Å². The van der Waals surface area contributed by atoms with Gasteiger partial charge in [0.2, 0.25) is 0 Å². The molecular weight excluding hydrogens is 511 g/mol. The van der Waals surface area contributed by atoms with Crippen molar-refractivity contribution in [2.75, 3.05) is 11.9 Å². The third kappa shape index (κ3) is 6.11. The molecule has 0 amide bonds. The zero-order valence-corrected chi connectivity index (χ0v) is 19.5. The van der Waals surface area contributed by atoms with Gasteiger partial charge >= 0.3 is 18.1 Å². The van der Waals surface area contributed by atoms with Gasteiger partial charge in [-0.2, -0.15) is 13.2 Å². The van der Waals surface area contributed by atoms with E-state index in [1.54, 1.807) is 24.3 Å². The first-order chi connectivity index (χ1) is 16.4. The number of anilines is 1. The van der Waals surface area contributed by atoms with Gasteiger partial charge < -0.3 is 20.3 Å². The SMILES string of the molecule is CC(=O)c1cc(C(F)(F)F)ccc1NCc1cccc(-c2sc(C(=O)O)c(OCC(=O)O)c2Cl)c1. The maximum atomic E-state index is 13.0. The normalized spacial score (nSPS) is 11.2. The number of carbonyl (C=O) groups excluding carboxylic acids is 1. The largest absolute Gasteiger partial charge is 0.479 e. The summed E-state index contributed by atoms with van der Waals surface area (Å²) >= 11 is 7.12. The Hall–Kier alpha value is -3.57. The first-order valence-electron chi connectivity index (χ1n) is 9.84. The summed E-state index contributed by atoms with van der Waals surface area (Å²) in [6, 6.07) is 9.57. The predicted octanol–water partition coefficient (Wildman–Crippen LogP) is 6.06. The third-order valence-corrected chi connectivity index (χ3v) is 6.42. The van der Waals surface area contributed by atoms with Crippen LogP contribution in [0.4, 0.5) is 18.9 Å². The molecule has 3 N–H and O–H groups in total. The summed E-state index contributed by atoms with van der Waals surface area (Å²) in [6.07, 6.45) is -4.58. The van der Waals surface area contributed by atoms with E-state index in [0.29, 0.717) is 16.0 Å². The maximum absolute atomic E-state index is 13.0. The molecule has 0 aliphatic carbocycles. The number of hydrogen-bond donors (Lipinski definition) is 3. The second-order valence-electron chi connectivity index (χ2n) is 7.26. The molecule has 35 heavy (non-hydrogen) atoms. The fourth-order valence-electron chi connectivity index (χ4n) is 3.17. The van der Waals surface area contributed by atoms with Crippen molar-refractivity contribution in [1.82, 2.24) is 0 Å². The maximum Gasteiger partial charge on any atom is 0.416 e. The molecule has 12 heteroatoms. The van der Waals surface area contributed by atoms with Crippen LogP contribution in [0.2, 0.25) is 5.02 Å². The van der Waals surface area contributed by atoms with Gasteiger partial charge in [0.25, 0.3) is 0 Å². The van der Waals surface area contributed by atoms with Crippen molar-refractivity contribution in [3.8, 4) is 16.2 Å². The highest BCUT2D eigenvalue weighted by Crippen LogP contribution is 2.45. The summed E-state index contributed by atoms with van der Waals surface area (Å²) in [5.41, 5.74) is 0.362. The number of nitrogens with one attached hydrogen (secondary N) is 1. The number of halogens is 4. The van der Waals surface area contributed by atoms with E-state index in [-0.39, 0.29) is 33.4 Å². The minimum atomic E-state index is -4.58. The van der Waals surface area contributed by atoms with E-state index in [1.165, 1.54) is 13.0 Å². The summed E-state index contributed by atoms with van der Waals surface area (Å²) < 4.78 is 44.1. The minimum absolute atomic E-state index is 0.0552. The highest BCUT2D eigenvalue weighted by atomic mass is 35.5. The summed E-state index contributed by atoms with van der Waals surface area (Å²) in [4.78, 5) is 34.4. The second kappa shape index (κ2) is 10.4. The number of thiophene rings is 1. The number of ketones is 1. The molecule has 7 nitrogen and oxygen atoms in total. The van der Waals surface area contributed by atoms with E-state index in [1.807, 2.05) is 0 Å². The Labute approximate surface area is 205 Å². The molecular formula is C23H17ClF3NO6S. The van der Waals surface area contributed by atoms with E-state index in [4.69, 9.17) is 21.4 Å². The zero-order valence-electron chi connectivity index (χ0n) is 17.9. The number of aliphatic carboxylic acids is 1. The van der Waals surface area contributed by atoms with E-state index in [0.717, 1.165) is 23.5 Å². The van der Waals surface area contributed by atoms with E-state index < -0.39 is 36.1 Å². The number of alkyl halides is 3. The number of benzene rings is 2. The number of carboxylic acid groups (broad SMARTS) is 2. The number of aromatic carboxylic acids is 1. The minimum Gasteiger partial charge on any atom is -0.479 e. The molecule has 0 saturated carbocycles. The third-order valence-electron chi connectivity index (χ3n) is 4.74. The summed E-state index contributed by atoms with van der Waals surface area (Å²) in [7, 11) is 0. The van der Waals surface area contributed by atoms with Gasteiger partial charge in [0, 0.05) is 17.8 Å². The van der Waals surface area contributed by atoms with Gasteiger partial charge in [-0.25, -0.2) is 9.59 Å². The average molecular weight is 528 g/mol. The Balaban J connectivity index is 1.88. The Kier molecular flexibility index (Phi) is 7.71. The number of ether oxygens (including phenoxy) is 1. The standard InChI is InChI=1S/C23H17ClF3NO6S/c1-11(29)15-8-14(23(25,26)27)5-6-16(15)28-9-12-3-2-4-13(7-12)20-18(24)19(34-10-17(30)31)21(35-20)22(32)33/h2-8,28H,9-10H2,1H3,(H,30,31)(H,32,33). The lowest BCUT2D eigenvalue weighted by Gasteiger charge is -2.14. The van der Waals surface area contributed by atoms with Crippen LogP contribution in [0.5, 0.6) is 5.75 Å². The quantitative estimate of drug-likeness (QED) is 0.290. The van der Waals surface area contributed by atoms with E-state index >= 15 is 0 Å². The Morgan fingerprint density at radius 3 is 2.43 bits per heavy atom. The predicted molar refractivity (Wildman–Crippen MR) is 124 cm³/mol. The molecule has 2 aromatic carbocycles. The molecule has 0 spiro atoms. The lowest BCUT2D eigenvalue weighted by atomic mass is 10.0. The van der Waals surface area contributed by atoms with Crippen LogP contribution in [-0.2, 0) is 17.5 Å². The molecule has 0 aliphatic rings. The fraction of sp³-hybridized carbons (Fsp3) is 0.174. The van der Waals surface area contributed by atoms with Crippen LogP contribution in [0.3, 0.4) is 0 Å². The van der Waals surface area contributed by atoms with Crippen LogP contribution in [0, 0.1) is 0 Å². The lowest BCUT2D eigenvalue weighted by molar-refractivity contribution is -0.139. The number of carboxylic acids is 2. The second-order valence-corrected chi connectivity index (χ2v) is 8.66. The first-order valence-corrected chi connectivity index (χ1v) is 11.0. The molecule has 3 aromatic rings. The van der Waals surface area contributed by atoms with Gasteiger partial charge in [-0.1, -0.05) is 29.8 Å². The molecule has 1 heterocycles. The van der Waals surface area contributed by atoms with Crippen molar-refractivity contribution < 1.29 is 42.5 Å². The molecule has 1 aromatic heterocycles. The van der Waals surface area contributed by atoms with Gasteiger partial charge in [0.15, 0.2) is 23.0 Å². The Morgan fingerprint density at radius 1 is 1.11 bits per heavy atom. The Bertz CT molecular complexity index is 1300. The summed E-state index contributed by atoms with van der Waals surface area (Å²) in [5.74, 6) is -3.42. The summed E-state index contributed by atoms with van der Waals surface area (Å²) in [5, 5.41) is 21.2. The zero-order chi connectivity index (χ0) is 25.9. The lowest BCUT2D eigenvalue weighted by Crippen LogP contribution is -2.10. The molecule has 0 bridgehead atoms. The van der Waals surface area contributed by atoms with Crippen LogP contribution >= 0.6 is 22.9 Å². The van der Waals surface area contributed by atoms with Crippen molar-refractivity contribution in [2.24, 2.45) is 0 Å². The number of carbonyl (C=O) groups is 3. The summed E-state index contributed by atoms with van der Waals surface area (Å²) in [6.45, 7) is 0.534. The average Bonchev–Trinajstić information content (AvgIpc) is 3.12. The van der Waals surface area contributed by atoms with Crippen LogP contribution in [0.1, 0.15) is 38.1 Å². The van der Waals surface area contributed by atoms with E-state index in [9.17, 15) is 32.7 Å².